The first kappa shape index (κ1) is 24.0. The lowest BCUT2D eigenvalue weighted by molar-refractivity contribution is 0.0171. The third kappa shape index (κ3) is 5.03. The van der Waals surface area contributed by atoms with Crippen LogP contribution in [0.5, 0.6) is 0 Å². The zero-order chi connectivity index (χ0) is 24.7. The van der Waals surface area contributed by atoms with Crippen LogP contribution in [0.25, 0.3) is 0 Å². The summed E-state index contributed by atoms with van der Waals surface area (Å²) >= 11 is 0. The van der Waals surface area contributed by atoms with Gasteiger partial charge < -0.3 is 14.4 Å². The number of halogens is 1. The molecule has 0 radical (unpaired) electrons. The first-order valence-electron chi connectivity index (χ1n) is 11.7. The summed E-state index contributed by atoms with van der Waals surface area (Å²) in [5.74, 6) is -0.322. The Morgan fingerprint density at radius 2 is 1.71 bits per heavy atom. The van der Waals surface area contributed by atoms with Crippen molar-refractivity contribution < 1.29 is 23.5 Å². The third-order valence-corrected chi connectivity index (χ3v) is 6.45. The number of carbonyl (C=O) groups is 2. The number of carbonyl (C=O) groups excluding carboxylic acids is 2. The van der Waals surface area contributed by atoms with Crippen LogP contribution in [0.1, 0.15) is 57.4 Å². The molecule has 34 heavy (non-hydrogen) atoms. The Balaban J connectivity index is 1.55. The molecule has 0 aliphatic carbocycles. The number of rotatable bonds is 2. The molecule has 2 atom stereocenters. The second-order valence-corrected chi connectivity index (χ2v) is 10.8. The van der Waals surface area contributed by atoms with Crippen LogP contribution in [0.15, 0.2) is 48.5 Å². The average molecular weight is 469 g/mol. The molecule has 182 valence electrons. The van der Waals surface area contributed by atoms with Crippen molar-refractivity contribution >= 4 is 12.2 Å². The largest absolute Gasteiger partial charge is 0.444 e. The van der Waals surface area contributed by atoms with Crippen LogP contribution in [0.2, 0.25) is 0 Å². The van der Waals surface area contributed by atoms with E-state index in [1.54, 1.807) is 21.9 Å². The van der Waals surface area contributed by atoms with Crippen molar-refractivity contribution in [2.24, 2.45) is 5.41 Å². The Hall–Kier alpha value is -3.09. The van der Waals surface area contributed by atoms with Crippen LogP contribution in [-0.4, -0.2) is 53.3 Å². The molecule has 2 aromatic carbocycles. The highest BCUT2D eigenvalue weighted by molar-refractivity contribution is 5.71. The molecule has 2 amide bonds. The highest BCUT2D eigenvalue weighted by Crippen LogP contribution is 2.38. The molecular formula is C27H33FN2O4. The summed E-state index contributed by atoms with van der Waals surface area (Å²) in [7, 11) is 0. The smallest absolute Gasteiger partial charge is 0.410 e. The fraction of sp³-hybridized carbons (Fsp3) is 0.481. The van der Waals surface area contributed by atoms with Crippen molar-refractivity contribution in [1.82, 2.24) is 9.80 Å². The van der Waals surface area contributed by atoms with Gasteiger partial charge in [0.2, 0.25) is 0 Å². The van der Waals surface area contributed by atoms with Crippen LogP contribution < -0.4 is 0 Å². The first-order chi connectivity index (χ1) is 15.9. The molecule has 0 saturated carbocycles. The summed E-state index contributed by atoms with van der Waals surface area (Å²) in [5, 5.41) is 0. The number of amides is 2. The van der Waals surface area contributed by atoms with Gasteiger partial charge in [-0.05, 0) is 56.0 Å². The molecule has 0 spiro atoms. The Morgan fingerprint density at radius 3 is 2.38 bits per heavy atom. The lowest BCUT2D eigenvalue weighted by atomic mass is 9.88. The third-order valence-electron chi connectivity index (χ3n) is 6.45. The summed E-state index contributed by atoms with van der Waals surface area (Å²) in [5.41, 5.74) is 1.98. The maximum atomic E-state index is 13.6. The molecule has 6 nitrogen and oxygen atoms in total. The second kappa shape index (κ2) is 8.93. The van der Waals surface area contributed by atoms with E-state index in [9.17, 15) is 14.0 Å². The Morgan fingerprint density at radius 1 is 1.03 bits per heavy atom. The van der Waals surface area contributed by atoms with E-state index >= 15 is 0 Å². The van der Waals surface area contributed by atoms with Crippen LogP contribution >= 0.6 is 0 Å². The summed E-state index contributed by atoms with van der Waals surface area (Å²) in [6, 6.07) is 13.9. The van der Waals surface area contributed by atoms with E-state index in [4.69, 9.17) is 9.47 Å². The quantitative estimate of drug-likeness (QED) is 0.579. The monoisotopic (exact) mass is 468 g/mol. The summed E-state index contributed by atoms with van der Waals surface area (Å²) < 4.78 is 25.2. The van der Waals surface area contributed by atoms with E-state index in [0.717, 1.165) is 16.7 Å². The van der Waals surface area contributed by atoms with Crippen molar-refractivity contribution in [3.8, 4) is 0 Å². The molecule has 1 saturated heterocycles. The second-order valence-electron chi connectivity index (χ2n) is 10.8. The predicted octanol–water partition coefficient (Wildman–Crippen LogP) is 5.56. The summed E-state index contributed by atoms with van der Waals surface area (Å²) in [6.07, 6.45) is -0.608. The van der Waals surface area contributed by atoms with Gasteiger partial charge >= 0.3 is 12.2 Å². The van der Waals surface area contributed by atoms with Crippen LogP contribution in [0.3, 0.4) is 0 Å². The maximum Gasteiger partial charge on any atom is 0.410 e. The summed E-state index contributed by atoms with van der Waals surface area (Å²) in [4.78, 5) is 29.4. The van der Waals surface area contributed by atoms with Crippen LogP contribution in [-0.2, 0) is 15.9 Å². The molecular weight excluding hydrogens is 435 g/mol. The van der Waals surface area contributed by atoms with Gasteiger partial charge in [0, 0.05) is 18.5 Å². The molecule has 2 aliphatic heterocycles. The lowest BCUT2D eigenvalue weighted by Crippen LogP contribution is -2.44. The normalized spacial score (nSPS) is 21.7. The Labute approximate surface area is 200 Å². The number of benzene rings is 2. The van der Waals surface area contributed by atoms with E-state index in [-0.39, 0.29) is 18.4 Å². The molecule has 0 aromatic heterocycles. The fourth-order valence-corrected chi connectivity index (χ4v) is 4.73. The lowest BCUT2D eigenvalue weighted by Gasteiger charge is -2.38. The predicted molar refractivity (Wildman–Crippen MR) is 127 cm³/mol. The van der Waals surface area contributed by atoms with Gasteiger partial charge in [-0.15, -0.1) is 0 Å². The van der Waals surface area contributed by atoms with Gasteiger partial charge in [0.15, 0.2) is 0 Å². The van der Waals surface area contributed by atoms with Crippen molar-refractivity contribution in [1.29, 1.82) is 0 Å². The average Bonchev–Trinajstić information content (AvgIpc) is 3.06. The number of hydrogen-bond donors (Lipinski definition) is 0. The van der Waals surface area contributed by atoms with Gasteiger partial charge in [0.1, 0.15) is 17.5 Å². The zero-order valence-electron chi connectivity index (χ0n) is 20.5. The first-order valence-corrected chi connectivity index (χ1v) is 11.7. The minimum absolute atomic E-state index is 0.277. The molecule has 0 N–H and O–H groups in total. The zero-order valence-corrected chi connectivity index (χ0v) is 20.5. The molecule has 2 aliphatic rings. The topological polar surface area (TPSA) is 59.1 Å². The fourth-order valence-electron chi connectivity index (χ4n) is 4.73. The van der Waals surface area contributed by atoms with Gasteiger partial charge in [0.25, 0.3) is 0 Å². The van der Waals surface area contributed by atoms with E-state index in [1.807, 2.05) is 52.8 Å². The van der Waals surface area contributed by atoms with Crippen molar-refractivity contribution in [3.05, 3.63) is 71.0 Å². The molecule has 4 rings (SSSR count). The van der Waals surface area contributed by atoms with E-state index in [0.29, 0.717) is 19.5 Å². The number of hydrogen-bond acceptors (Lipinski definition) is 4. The number of ether oxygens (including phenoxy) is 2. The minimum Gasteiger partial charge on any atom is -0.444 e. The highest BCUT2D eigenvalue weighted by atomic mass is 19.1. The van der Waals surface area contributed by atoms with Crippen LogP contribution in [0, 0.1) is 11.2 Å². The van der Waals surface area contributed by atoms with Crippen molar-refractivity contribution in [3.63, 3.8) is 0 Å². The van der Waals surface area contributed by atoms with E-state index < -0.39 is 29.3 Å². The number of nitrogens with zero attached hydrogens (tertiary/aromatic N) is 2. The van der Waals surface area contributed by atoms with Gasteiger partial charge in [-0.1, -0.05) is 50.2 Å². The maximum absolute atomic E-state index is 13.6. The van der Waals surface area contributed by atoms with Gasteiger partial charge in [0.05, 0.1) is 12.6 Å². The molecule has 2 aromatic rings. The highest BCUT2D eigenvalue weighted by Gasteiger charge is 2.46. The van der Waals surface area contributed by atoms with Gasteiger partial charge in [-0.25, -0.2) is 14.0 Å². The van der Waals surface area contributed by atoms with E-state index in [1.165, 1.54) is 12.1 Å². The standard InChI is InChI=1S/C27H33FN2O4/c1-26(2,3)34-24(31)29-16-22(27(4,5)17-29)33-25(32)30-15-14-18-8-6-7-9-21(18)23(30)19-10-12-20(28)13-11-19/h6-13,22-23H,14-17H2,1-5H3/t22?,23-/m0/s1. The number of likely N-dealkylation sites (tertiary alicyclic amines) is 1. The van der Waals surface area contributed by atoms with Crippen molar-refractivity contribution in [2.75, 3.05) is 19.6 Å². The van der Waals surface area contributed by atoms with Crippen molar-refractivity contribution in [2.45, 2.75) is 58.8 Å². The Bertz CT molecular complexity index is 1060. The van der Waals surface area contributed by atoms with Gasteiger partial charge in [-0.3, -0.25) is 4.90 Å². The molecule has 2 heterocycles. The Kier molecular flexibility index (Phi) is 6.32. The number of fused-ring (bicyclic) bond motifs is 1. The summed E-state index contributed by atoms with van der Waals surface area (Å²) in [6.45, 7) is 10.6. The molecule has 0 bridgehead atoms. The van der Waals surface area contributed by atoms with Crippen LogP contribution in [0.4, 0.5) is 14.0 Å². The van der Waals surface area contributed by atoms with Gasteiger partial charge in [-0.2, -0.15) is 0 Å². The minimum atomic E-state index is -0.598. The van der Waals surface area contributed by atoms with E-state index in [2.05, 4.69) is 6.07 Å². The SMILES string of the molecule is CC(C)(C)OC(=O)N1CC(OC(=O)N2CCc3ccccc3[C@@H]2c2ccc(F)cc2)C(C)(C)C1. The molecule has 1 unspecified atom stereocenters. The molecule has 1 fully saturated rings. The molecule has 7 heteroatoms.